The van der Waals surface area contributed by atoms with Gasteiger partial charge in [-0.15, -0.1) is 0 Å². The first-order valence-electron chi connectivity index (χ1n) is 6.63. The lowest BCUT2D eigenvalue weighted by Gasteiger charge is -2.13. The van der Waals surface area contributed by atoms with E-state index in [2.05, 4.69) is 5.32 Å². The normalized spacial score (nSPS) is 12.2. The molecule has 6 heteroatoms. The van der Waals surface area contributed by atoms with Gasteiger partial charge in [0.2, 0.25) is 0 Å². The molecule has 2 rings (SSSR count). The molecule has 6 nitrogen and oxygen atoms in total. The van der Waals surface area contributed by atoms with Crippen LogP contribution in [0.2, 0.25) is 0 Å². The molecule has 0 fully saturated rings. The average molecular weight is 291 g/mol. The molecule has 1 aromatic carbocycles. The third-order valence-electron chi connectivity index (χ3n) is 3.09. The highest BCUT2D eigenvalue weighted by Crippen LogP contribution is 2.18. The van der Waals surface area contributed by atoms with Gasteiger partial charge in [0.15, 0.2) is 5.76 Å². The van der Waals surface area contributed by atoms with E-state index in [0.29, 0.717) is 25.0 Å². The number of amides is 1. The van der Waals surface area contributed by atoms with Gasteiger partial charge in [-0.1, -0.05) is 18.2 Å². The molecule has 0 aliphatic rings. The minimum Gasteiger partial charge on any atom is -0.480 e. The third kappa shape index (κ3) is 3.82. The number of furan rings is 1. The summed E-state index contributed by atoms with van der Waals surface area (Å²) < 4.78 is 10.3. The van der Waals surface area contributed by atoms with Gasteiger partial charge in [0, 0.05) is 19.1 Å². The number of carboxylic acid groups (broad SMARTS) is 1. The quantitative estimate of drug-likeness (QED) is 0.762. The van der Waals surface area contributed by atoms with Crippen LogP contribution >= 0.6 is 0 Å². The van der Waals surface area contributed by atoms with Crippen LogP contribution in [0.5, 0.6) is 0 Å². The molecule has 2 N–H and O–H groups in total. The zero-order valence-electron chi connectivity index (χ0n) is 11.7. The highest BCUT2D eigenvalue weighted by molar-refractivity contribution is 5.97. The Morgan fingerprint density at radius 3 is 2.81 bits per heavy atom. The molecule has 1 heterocycles. The molecule has 0 bridgehead atoms. The molecule has 1 aromatic heterocycles. The van der Waals surface area contributed by atoms with Gasteiger partial charge in [-0.3, -0.25) is 4.79 Å². The van der Waals surface area contributed by atoms with Crippen molar-refractivity contribution in [1.29, 1.82) is 0 Å². The third-order valence-corrected chi connectivity index (χ3v) is 3.09. The number of rotatable bonds is 7. The molecule has 0 aliphatic carbocycles. The monoisotopic (exact) mass is 291 g/mol. The number of methoxy groups -OCH3 is 1. The molecule has 0 saturated heterocycles. The maximum Gasteiger partial charge on any atom is 0.326 e. The Morgan fingerprint density at radius 2 is 2.14 bits per heavy atom. The Labute approximate surface area is 121 Å². The molecule has 0 spiro atoms. The van der Waals surface area contributed by atoms with Gasteiger partial charge in [-0.05, 0) is 25.0 Å². The Hall–Kier alpha value is -2.34. The van der Waals surface area contributed by atoms with Crippen molar-refractivity contribution >= 4 is 22.8 Å². The van der Waals surface area contributed by atoms with Gasteiger partial charge in [-0.25, -0.2) is 4.79 Å². The highest BCUT2D eigenvalue weighted by Gasteiger charge is 2.22. The van der Waals surface area contributed by atoms with E-state index in [1.54, 1.807) is 25.3 Å². The van der Waals surface area contributed by atoms with Gasteiger partial charge in [0.05, 0.1) is 0 Å². The van der Waals surface area contributed by atoms with E-state index in [9.17, 15) is 9.59 Å². The summed E-state index contributed by atoms with van der Waals surface area (Å²) in [6.07, 6.45) is 0.850. The van der Waals surface area contributed by atoms with Crippen molar-refractivity contribution in [2.75, 3.05) is 13.7 Å². The van der Waals surface area contributed by atoms with E-state index < -0.39 is 17.9 Å². The average Bonchev–Trinajstić information content (AvgIpc) is 2.90. The Bertz CT molecular complexity index is 601. The molecular weight excluding hydrogens is 274 g/mol. The first-order valence-corrected chi connectivity index (χ1v) is 6.63. The number of benzene rings is 1. The largest absolute Gasteiger partial charge is 0.480 e. The molecular formula is C15H17NO5. The van der Waals surface area contributed by atoms with Gasteiger partial charge in [0.25, 0.3) is 5.91 Å². The van der Waals surface area contributed by atoms with Crippen LogP contribution in [-0.4, -0.2) is 36.7 Å². The Balaban J connectivity index is 2.05. The van der Waals surface area contributed by atoms with E-state index in [4.69, 9.17) is 14.3 Å². The number of carbonyl (C=O) groups excluding carboxylic acids is 1. The zero-order chi connectivity index (χ0) is 15.2. The van der Waals surface area contributed by atoms with Crippen LogP contribution in [0.15, 0.2) is 34.7 Å². The fourth-order valence-corrected chi connectivity index (χ4v) is 2.01. The molecule has 0 radical (unpaired) electrons. The standard InChI is InChI=1S/C15H17NO5/c1-20-8-4-6-11(15(18)19)16-14(17)13-9-10-5-2-3-7-12(10)21-13/h2-3,5,7,9,11H,4,6,8H2,1H3,(H,16,17)(H,18,19). The molecule has 2 aromatic rings. The fourth-order valence-electron chi connectivity index (χ4n) is 2.01. The second-order valence-corrected chi connectivity index (χ2v) is 4.65. The number of carbonyl (C=O) groups is 2. The SMILES string of the molecule is COCCCC(NC(=O)c1cc2ccccc2o1)C(=O)O. The predicted octanol–water partition coefficient (Wildman–Crippen LogP) is 2.04. The van der Waals surface area contributed by atoms with E-state index in [1.165, 1.54) is 0 Å². The molecule has 0 aliphatic heterocycles. The van der Waals surface area contributed by atoms with Gasteiger partial charge < -0.3 is 19.6 Å². The number of ether oxygens (including phenoxy) is 1. The fraction of sp³-hybridized carbons (Fsp3) is 0.333. The second-order valence-electron chi connectivity index (χ2n) is 4.65. The predicted molar refractivity (Wildman–Crippen MR) is 76.2 cm³/mol. The lowest BCUT2D eigenvalue weighted by atomic mass is 10.1. The number of fused-ring (bicyclic) bond motifs is 1. The van der Waals surface area contributed by atoms with Crippen LogP contribution < -0.4 is 5.32 Å². The summed E-state index contributed by atoms with van der Waals surface area (Å²) in [5.41, 5.74) is 0.592. The summed E-state index contributed by atoms with van der Waals surface area (Å²) in [6, 6.07) is 7.85. The molecule has 1 atom stereocenters. The first-order chi connectivity index (χ1) is 10.1. The van der Waals surface area contributed by atoms with Crippen molar-refractivity contribution in [3.05, 3.63) is 36.1 Å². The molecule has 0 saturated carbocycles. The summed E-state index contributed by atoms with van der Waals surface area (Å²) >= 11 is 0. The van der Waals surface area contributed by atoms with Crippen molar-refractivity contribution in [3.63, 3.8) is 0 Å². The summed E-state index contributed by atoms with van der Waals surface area (Å²) in [4.78, 5) is 23.2. The zero-order valence-corrected chi connectivity index (χ0v) is 11.7. The van der Waals surface area contributed by atoms with Crippen LogP contribution in [0.4, 0.5) is 0 Å². The van der Waals surface area contributed by atoms with Crippen LogP contribution in [0.25, 0.3) is 11.0 Å². The number of aliphatic carboxylic acids is 1. The molecule has 1 amide bonds. The molecule has 112 valence electrons. The summed E-state index contributed by atoms with van der Waals surface area (Å²) in [5, 5.41) is 12.4. The lowest BCUT2D eigenvalue weighted by Crippen LogP contribution is -2.40. The van der Waals surface area contributed by atoms with Crippen molar-refractivity contribution in [3.8, 4) is 0 Å². The van der Waals surface area contributed by atoms with Crippen LogP contribution in [0.1, 0.15) is 23.4 Å². The summed E-state index contributed by atoms with van der Waals surface area (Å²) in [6.45, 7) is 0.449. The van der Waals surface area contributed by atoms with Gasteiger partial charge in [-0.2, -0.15) is 0 Å². The van der Waals surface area contributed by atoms with Crippen LogP contribution in [0, 0.1) is 0 Å². The van der Waals surface area contributed by atoms with Crippen molar-refractivity contribution in [2.45, 2.75) is 18.9 Å². The van der Waals surface area contributed by atoms with E-state index >= 15 is 0 Å². The highest BCUT2D eigenvalue weighted by atomic mass is 16.5. The molecule has 1 unspecified atom stereocenters. The van der Waals surface area contributed by atoms with Crippen LogP contribution in [-0.2, 0) is 9.53 Å². The van der Waals surface area contributed by atoms with E-state index in [0.717, 1.165) is 5.39 Å². The topological polar surface area (TPSA) is 88.8 Å². The van der Waals surface area contributed by atoms with Crippen molar-refractivity contribution in [1.82, 2.24) is 5.32 Å². The summed E-state index contributed by atoms with van der Waals surface area (Å²) in [5.74, 6) is -1.50. The lowest BCUT2D eigenvalue weighted by molar-refractivity contribution is -0.139. The number of nitrogens with one attached hydrogen (secondary N) is 1. The minimum atomic E-state index is -1.07. The molecule has 21 heavy (non-hydrogen) atoms. The number of carboxylic acids is 1. The second kappa shape index (κ2) is 6.90. The maximum absolute atomic E-state index is 12.1. The van der Waals surface area contributed by atoms with Crippen molar-refractivity contribution < 1.29 is 23.8 Å². The van der Waals surface area contributed by atoms with E-state index in [1.807, 2.05) is 12.1 Å². The Morgan fingerprint density at radius 1 is 1.38 bits per heavy atom. The van der Waals surface area contributed by atoms with Gasteiger partial charge >= 0.3 is 5.97 Å². The first kappa shape index (κ1) is 15.1. The van der Waals surface area contributed by atoms with E-state index in [-0.39, 0.29) is 5.76 Å². The number of para-hydroxylation sites is 1. The summed E-state index contributed by atoms with van der Waals surface area (Å²) in [7, 11) is 1.54. The van der Waals surface area contributed by atoms with Gasteiger partial charge in [0.1, 0.15) is 11.6 Å². The Kier molecular flexibility index (Phi) is 4.94. The minimum absolute atomic E-state index is 0.106. The maximum atomic E-state index is 12.1. The smallest absolute Gasteiger partial charge is 0.326 e. The van der Waals surface area contributed by atoms with Crippen molar-refractivity contribution in [2.24, 2.45) is 0 Å². The number of hydrogen-bond donors (Lipinski definition) is 2. The number of hydrogen-bond acceptors (Lipinski definition) is 4. The van der Waals surface area contributed by atoms with Crippen LogP contribution in [0.3, 0.4) is 0 Å².